The molecule has 2 saturated heterocycles. The zero-order valence-electron chi connectivity index (χ0n) is 10.8. The van der Waals surface area contributed by atoms with Crippen LogP contribution in [0.2, 0.25) is 0 Å². The average Bonchev–Trinajstić information content (AvgIpc) is 2.67. The molecule has 0 aromatic carbocycles. The molecule has 2 aliphatic heterocycles. The molecule has 0 aliphatic carbocycles. The number of imide groups is 1. The molecule has 2 amide bonds. The van der Waals surface area contributed by atoms with Gasteiger partial charge in [0.2, 0.25) is 11.8 Å². The van der Waals surface area contributed by atoms with Crippen molar-refractivity contribution in [1.82, 2.24) is 10.2 Å². The third-order valence-corrected chi connectivity index (χ3v) is 4.02. The van der Waals surface area contributed by atoms with Crippen LogP contribution in [-0.2, 0) is 9.59 Å². The number of nitrogens with zero attached hydrogens (tertiary/aromatic N) is 1. The van der Waals surface area contributed by atoms with Gasteiger partial charge in [0.1, 0.15) is 0 Å². The SMILES string of the molecule is CC(C)CCN1CCC2(CCC(=O)NC2=O)C1. The molecular formula is C13H22N2O2. The van der Waals surface area contributed by atoms with Crippen molar-refractivity contribution in [2.45, 2.75) is 39.5 Å². The summed E-state index contributed by atoms with van der Waals surface area (Å²) in [7, 11) is 0. The number of rotatable bonds is 3. The van der Waals surface area contributed by atoms with Gasteiger partial charge in [-0.15, -0.1) is 0 Å². The van der Waals surface area contributed by atoms with Crippen LogP contribution >= 0.6 is 0 Å². The molecule has 1 unspecified atom stereocenters. The molecule has 1 N–H and O–H groups in total. The normalized spacial score (nSPS) is 30.3. The van der Waals surface area contributed by atoms with Crippen LogP contribution in [0.4, 0.5) is 0 Å². The first-order chi connectivity index (χ1) is 8.02. The maximum absolute atomic E-state index is 12.0. The second kappa shape index (κ2) is 4.77. The monoisotopic (exact) mass is 238 g/mol. The highest BCUT2D eigenvalue weighted by molar-refractivity contribution is 6.00. The van der Waals surface area contributed by atoms with Crippen molar-refractivity contribution in [3.8, 4) is 0 Å². The molecule has 0 saturated carbocycles. The minimum Gasteiger partial charge on any atom is -0.302 e. The van der Waals surface area contributed by atoms with Crippen molar-refractivity contribution in [3.05, 3.63) is 0 Å². The largest absolute Gasteiger partial charge is 0.302 e. The number of nitrogens with one attached hydrogen (secondary N) is 1. The van der Waals surface area contributed by atoms with E-state index in [1.165, 1.54) is 6.42 Å². The second-order valence-corrected chi connectivity index (χ2v) is 5.87. The number of carbonyl (C=O) groups excluding carboxylic acids is 2. The summed E-state index contributed by atoms with van der Waals surface area (Å²) in [5.74, 6) is 0.551. The molecule has 2 rings (SSSR count). The van der Waals surface area contributed by atoms with Crippen LogP contribution < -0.4 is 5.32 Å². The van der Waals surface area contributed by atoms with Gasteiger partial charge in [-0.2, -0.15) is 0 Å². The molecule has 2 aliphatic rings. The Kier molecular flexibility index (Phi) is 3.52. The van der Waals surface area contributed by atoms with E-state index in [-0.39, 0.29) is 17.2 Å². The van der Waals surface area contributed by atoms with Gasteiger partial charge in [0.25, 0.3) is 0 Å². The van der Waals surface area contributed by atoms with Crippen molar-refractivity contribution in [1.29, 1.82) is 0 Å². The Hall–Kier alpha value is -0.900. The molecule has 4 heteroatoms. The molecule has 96 valence electrons. The Morgan fingerprint density at radius 2 is 2.12 bits per heavy atom. The molecule has 17 heavy (non-hydrogen) atoms. The highest BCUT2D eigenvalue weighted by Gasteiger charge is 2.47. The van der Waals surface area contributed by atoms with E-state index in [4.69, 9.17) is 0 Å². The topological polar surface area (TPSA) is 49.4 Å². The van der Waals surface area contributed by atoms with E-state index >= 15 is 0 Å². The van der Waals surface area contributed by atoms with E-state index in [2.05, 4.69) is 24.1 Å². The third-order valence-electron chi connectivity index (χ3n) is 4.02. The van der Waals surface area contributed by atoms with Crippen molar-refractivity contribution in [3.63, 3.8) is 0 Å². The molecule has 0 bridgehead atoms. The van der Waals surface area contributed by atoms with Gasteiger partial charge in [-0.25, -0.2) is 0 Å². The molecule has 1 atom stereocenters. The van der Waals surface area contributed by atoms with E-state index < -0.39 is 0 Å². The first-order valence-electron chi connectivity index (χ1n) is 6.58. The van der Waals surface area contributed by atoms with Crippen molar-refractivity contribution < 1.29 is 9.59 Å². The summed E-state index contributed by atoms with van der Waals surface area (Å²) in [6.07, 6.45) is 3.32. The fraction of sp³-hybridized carbons (Fsp3) is 0.846. The third kappa shape index (κ3) is 2.68. The molecule has 0 radical (unpaired) electrons. The van der Waals surface area contributed by atoms with Crippen LogP contribution in [0.25, 0.3) is 0 Å². The van der Waals surface area contributed by atoms with Crippen LogP contribution in [0.15, 0.2) is 0 Å². The molecular weight excluding hydrogens is 216 g/mol. The summed E-state index contributed by atoms with van der Waals surface area (Å²) < 4.78 is 0. The zero-order chi connectivity index (χ0) is 12.5. The van der Waals surface area contributed by atoms with E-state index in [0.717, 1.165) is 32.5 Å². The smallest absolute Gasteiger partial charge is 0.234 e. The van der Waals surface area contributed by atoms with Gasteiger partial charge in [0, 0.05) is 13.0 Å². The minimum atomic E-state index is -0.273. The van der Waals surface area contributed by atoms with Gasteiger partial charge in [-0.3, -0.25) is 14.9 Å². The van der Waals surface area contributed by atoms with E-state index in [0.29, 0.717) is 12.3 Å². The summed E-state index contributed by atoms with van der Waals surface area (Å²) >= 11 is 0. The Labute approximate surface area is 103 Å². The predicted molar refractivity (Wildman–Crippen MR) is 65.3 cm³/mol. The van der Waals surface area contributed by atoms with Gasteiger partial charge >= 0.3 is 0 Å². The van der Waals surface area contributed by atoms with Gasteiger partial charge < -0.3 is 4.90 Å². The summed E-state index contributed by atoms with van der Waals surface area (Å²) in [4.78, 5) is 25.5. The Bertz CT molecular complexity index is 327. The molecule has 2 heterocycles. The highest BCUT2D eigenvalue weighted by atomic mass is 16.2. The lowest BCUT2D eigenvalue weighted by Crippen LogP contribution is -2.50. The molecule has 2 fully saturated rings. The first kappa shape index (κ1) is 12.6. The molecule has 4 nitrogen and oxygen atoms in total. The Morgan fingerprint density at radius 3 is 2.76 bits per heavy atom. The van der Waals surface area contributed by atoms with Crippen LogP contribution in [0, 0.1) is 11.3 Å². The minimum absolute atomic E-state index is 0.0409. The van der Waals surface area contributed by atoms with Crippen LogP contribution in [0.5, 0.6) is 0 Å². The highest BCUT2D eigenvalue weighted by Crippen LogP contribution is 2.37. The molecule has 0 aromatic rings. The summed E-state index contributed by atoms with van der Waals surface area (Å²) in [6, 6.07) is 0. The molecule has 0 aromatic heterocycles. The van der Waals surface area contributed by atoms with E-state index in [1.807, 2.05) is 0 Å². The second-order valence-electron chi connectivity index (χ2n) is 5.87. The molecule has 1 spiro atoms. The lowest BCUT2D eigenvalue weighted by Gasteiger charge is -2.31. The summed E-state index contributed by atoms with van der Waals surface area (Å²) in [5.41, 5.74) is -0.273. The number of amides is 2. The van der Waals surface area contributed by atoms with Crippen molar-refractivity contribution in [2.24, 2.45) is 11.3 Å². The predicted octanol–water partition coefficient (Wildman–Crippen LogP) is 1.16. The standard InChI is InChI=1S/C13H22N2O2/c1-10(2)4-7-15-8-6-13(9-15)5-3-11(16)14-12(13)17/h10H,3-9H2,1-2H3,(H,14,16,17). The summed E-state index contributed by atoms with van der Waals surface area (Å²) in [5, 5.41) is 2.49. The maximum Gasteiger partial charge on any atom is 0.234 e. The maximum atomic E-state index is 12.0. The number of carbonyl (C=O) groups is 2. The quantitative estimate of drug-likeness (QED) is 0.751. The van der Waals surface area contributed by atoms with Crippen molar-refractivity contribution >= 4 is 11.8 Å². The van der Waals surface area contributed by atoms with Gasteiger partial charge in [-0.05, 0) is 38.3 Å². The Morgan fingerprint density at radius 1 is 1.35 bits per heavy atom. The fourth-order valence-electron chi connectivity index (χ4n) is 2.77. The first-order valence-corrected chi connectivity index (χ1v) is 6.58. The zero-order valence-corrected chi connectivity index (χ0v) is 10.8. The van der Waals surface area contributed by atoms with Crippen LogP contribution in [-0.4, -0.2) is 36.3 Å². The number of hydrogen-bond acceptors (Lipinski definition) is 3. The van der Waals surface area contributed by atoms with E-state index in [9.17, 15) is 9.59 Å². The van der Waals surface area contributed by atoms with Crippen LogP contribution in [0.1, 0.15) is 39.5 Å². The van der Waals surface area contributed by atoms with Gasteiger partial charge in [0.05, 0.1) is 5.41 Å². The number of hydrogen-bond donors (Lipinski definition) is 1. The van der Waals surface area contributed by atoms with Gasteiger partial charge in [0.15, 0.2) is 0 Å². The van der Waals surface area contributed by atoms with Crippen LogP contribution in [0.3, 0.4) is 0 Å². The number of piperidine rings is 1. The summed E-state index contributed by atoms with van der Waals surface area (Å²) in [6.45, 7) is 7.34. The Balaban J connectivity index is 1.91. The van der Waals surface area contributed by atoms with E-state index in [1.54, 1.807) is 0 Å². The number of likely N-dealkylation sites (tertiary alicyclic amines) is 1. The fourth-order valence-corrected chi connectivity index (χ4v) is 2.77. The van der Waals surface area contributed by atoms with Gasteiger partial charge in [-0.1, -0.05) is 13.8 Å². The van der Waals surface area contributed by atoms with Crippen molar-refractivity contribution in [2.75, 3.05) is 19.6 Å². The average molecular weight is 238 g/mol. The lowest BCUT2D eigenvalue weighted by molar-refractivity contribution is -0.141. The lowest BCUT2D eigenvalue weighted by atomic mass is 9.79.